The summed E-state index contributed by atoms with van der Waals surface area (Å²) in [4.78, 5) is 0. The van der Waals surface area contributed by atoms with Crippen LogP contribution in [0, 0.1) is 6.92 Å². The van der Waals surface area contributed by atoms with Crippen molar-refractivity contribution in [2.75, 3.05) is 27.3 Å². The number of piperidine rings is 1. The van der Waals surface area contributed by atoms with Crippen LogP contribution < -0.4 is 14.8 Å². The fraction of sp³-hybridized carbons (Fsp3) is 0.571. The van der Waals surface area contributed by atoms with Crippen molar-refractivity contribution in [2.45, 2.75) is 25.7 Å². The van der Waals surface area contributed by atoms with Gasteiger partial charge in [0.15, 0.2) is 0 Å². The Morgan fingerprint density at radius 3 is 2.33 bits per heavy atom. The van der Waals surface area contributed by atoms with Crippen molar-refractivity contribution < 1.29 is 9.47 Å². The van der Waals surface area contributed by atoms with Crippen molar-refractivity contribution in [3.05, 3.63) is 22.2 Å². The number of aryl methyl sites for hydroxylation is 1. The van der Waals surface area contributed by atoms with Gasteiger partial charge in [0.2, 0.25) is 0 Å². The first-order valence-corrected chi connectivity index (χ1v) is 6.68. The van der Waals surface area contributed by atoms with Gasteiger partial charge in [-0.1, -0.05) is 11.6 Å². The number of nitrogens with one attached hydrogen (secondary N) is 1. The molecule has 1 fully saturated rings. The van der Waals surface area contributed by atoms with Crippen LogP contribution in [0.1, 0.15) is 29.9 Å². The smallest absolute Gasteiger partial charge is 0.144 e. The van der Waals surface area contributed by atoms with Gasteiger partial charge in [-0.05, 0) is 56.0 Å². The summed E-state index contributed by atoms with van der Waals surface area (Å²) >= 11 is 6.37. The molecule has 0 unspecified atom stereocenters. The molecule has 0 saturated carbocycles. The topological polar surface area (TPSA) is 30.5 Å². The molecule has 0 radical (unpaired) electrons. The summed E-state index contributed by atoms with van der Waals surface area (Å²) in [5.41, 5.74) is 2.28. The van der Waals surface area contributed by atoms with E-state index in [9.17, 15) is 0 Å². The highest BCUT2D eigenvalue weighted by molar-refractivity contribution is 6.33. The van der Waals surface area contributed by atoms with Gasteiger partial charge in [0.1, 0.15) is 16.5 Å². The van der Waals surface area contributed by atoms with Crippen molar-refractivity contribution in [1.82, 2.24) is 5.32 Å². The first kappa shape index (κ1) is 13.5. The Bertz CT molecular complexity index is 428. The standard InChI is InChI=1S/C14H20ClNO2/c1-9-8-11(10-4-6-16-7-5-10)14(18-3)12(15)13(9)17-2/h8,10,16H,4-7H2,1-3H3. The molecule has 0 amide bonds. The first-order chi connectivity index (χ1) is 8.69. The van der Waals surface area contributed by atoms with E-state index in [-0.39, 0.29) is 0 Å². The Labute approximate surface area is 113 Å². The molecule has 1 saturated heterocycles. The molecule has 1 aromatic rings. The van der Waals surface area contributed by atoms with Crippen molar-refractivity contribution in [3.8, 4) is 11.5 Å². The van der Waals surface area contributed by atoms with E-state index in [0.717, 1.165) is 37.2 Å². The second-order valence-electron chi connectivity index (χ2n) is 4.69. The Kier molecular flexibility index (Phi) is 4.36. The summed E-state index contributed by atoms with van der Waals surface area (Å²) in [6.07, 6.45) is 2.25. The summed E-state index contributed by atoms with van der Waals surface area (Å²) in [7, 11) is 3.30. The molecule has 1 heterocycles. The van der Waals surface area contributed by atoms with Crippen LogP contribution in [0.15, 0.2) is 6.07 Å². The SMILES string of the molecule is COc1c(C)cc(C2CCNCC2)c(OC)c1Cl. The summed E-state index contributed by atoms with van der Waals surface area (Å²) in [6, 6.07) is 2.15. The summed E-state index contributed by atoms with van der Waals surface area (Å²) in [5.74, 6) is 2.00. The number of rotatable bonds is 3. The zero-order chi connectivity index (χ0) is 13.1. The Hall–Kier alpha value is -0.930. The fourth-order valence-corrected chi connectivity index (χ4v) is 3.07. The molecule has 18 heavy (non-hydrogen) atoms. The van der Waals surface area contributed by atoms with Gasteiger partial charge < -0.3 is 14.8 Å². The summed E-state index contributed by atoms with van der Waals surface area (Å²) in [5, 5.41) is 3.97. The predicted octanol–water partition coefficient (Wildman–Crippen LogP) is 3.13. The summed E-state index contributed by atoms with van der Waals surface area (Å²) < 4.78 is 10.8. The normalized spacial score (nSPS) is 16.7. The second-order valence-corrected chi connectivity index (χ2v) is 5.07. The van der Waals surface area contributed by atoms with Crippen LogP contribution in [0.2, 0.25) is 5.02 Å². The van der Waals surface area contributed by atoms with E-state index < -0.39 is 0 Å². The largest absolute Gasteiger partial charge is 0.495 e. The molecule has 4 heteroatoms. The van der Waals surface area contributed by atoms with Gasteiger partial charge in [-0.3, -0.25) is 0 Å². The molecule has 3 nitrogen and oxygen atoms in total. The van der Waals surface area contributed by atoms with Crippen LogP contribution in [-0.4, -0.2) is 27.3 Å². The monoisotopic (exact) mass is 269 g/mol. The van der Waals surface area contributed by atoms with E-state index >= 15 is 0 Å². The van der Waals surface area contributed by atoms with E-state index in [1.807, 2.05) is 6.92 Å². The minimum atomic E-state index is 0.517. The maximum Gasteiger partial charge on any atom is 0.144 e. The molecular formula is C14H20ClNO2. The van der Waals surface area contributed by atoms with E-state index in [4.69, 9.17) is 21.1 Å². The molecular weight excluding hydrogens is 250 g/mol. The van der Waals surface area contributed by atoms with Gasteiger partial charge in [-0.15, -0.1) is 0 Å². The minimum absolute atomic E-state index is 0.517. The average molecular weight is 270 g/mol. The van der Waals surface area contributed by atoms with E-state index in [2.05, 4.69) is 11.4 Å². The highest BCUT2D eigenvalue weighted by atomic mass is 35.5. The Morgan fingerprint density at radius 2 is 1.78 bits per heavy atom. The maximum atomic E-state index is 6.37. The molecule has 0 bridgehead atoms. The molecule has 0 atom stereocenters. The molecule has 1 aromatic carbocycles. The van der Waals surface area contributed by atoms with Crippen LogP contribution in [-0.2, 0) is 0 Å². The van der Waals surface area contributed by atoms with Gasteiger partial charge in [0, 0.05) is 0 Å². The van der Waals surface area contributed by atoms with E-state index in [1.54, 1.807) is 14.2 Å². The number of hydrogen-bond donors (Lipinski definition) is 1. The molecule has 0 spiro atoms. The minimum Gasteiger partial charge on any atom is -0.495 e. The second kappa shape index (κ2) is 5.81. The van der Waals surface area contributed by atoms with Crippen LogP contribution in [0.25, 0.3) is 0 Å². The zero-order valence-corrected chi connectivity index (χ0v) is 11.9. The van der Waals surface area contributed by atoms with Crippen molar-refractivity contribution in [3.63, 3.8) is 0 Å². The van der Waals surface area contributed by atoms with Gasteiger partial charge >= 0.3 is 0 Å². The lowest BCUT2D eigenvalue weighted by atomic mass is 9.88. The average Bonchev–Trinajstić information content (AvgIpc) is 2.39. The van der Waals surface area contributed by atoms with E-state index in [1.165, 1.54) is 5.56 Å². The zero-order valence-electron chi connectivity index (χ0n) is 11.2. The van der Waals surface area contributed by atoms with Crippen molar-refractivity contribution in [1.29, 1.82) is 0 Å². The number of methoxy groups -OCH3 is 2. The fourth-order valence-electron chi connectivity index (χ4n) is 2.66. The molecule has 1 N–H and O–H groups in total. The lowest BCUT2D eigenvalue weighted by molar-refractivity contribution is 0.378. The highest BCUT2D eigenvalue weighted by Gasteiger charge is 2.23. The van der Waals surface area contributed by atoms with Gasteiger partial charge in [-0.2, -0.15) is 0 Å². The molecule has 1 aliphatic heterocycles. The third kappa shape index (κ3) is 2.43. The van der Waals surface area contributed by atoms with Crippen LogP contribution in [0.4, 0.5) is 0 Å². The van der Waals surface area contributed by atoms with Gasteiger partial charge in [0.05, 0.1) is 14.2 Å². The molecule has 1 aliphatic rings. The number of ether oxygens (including phenoxy) is 2. The molecule has 0 aromatic heterocycles. The van der Waals surface area contributed by atoms with Crippen LogP contribution >= 0.6 is 11.6 Å². The summed E-state index contributed by atoms with van der Waals surface area (Å²) in [6.45, 7) is 4.13. The maximum absolute atomic E-state index is 6.37. The Morgan fingerprint density at radius 1 is 1.17 bits per heavy atom. The number of halogens is 1. The van der Waals surface area contributed by atoms with Gasteiger partial charge in [0.25, 0.3) is 0 Å². The predicted molar refractivity (Wildman–Crippen MR) is 74.1 cm³/mol. The highest BCUT2D eigenvalue weighted by Crippen LogP contribution is 2.44. The van der Waals surface area contributed by atoms with Gasteiger partial charge in [-0.25, -0.2) is 0 Å². The lowest BCUT2D eigenvalue weighted by Crippen LogP contribution is -2.26. The van der Waals surface area contributed by atoms with E-state index in [0.29, 0.717) is 16.7 Å². The van der Waals surface area contributed by atoms with Crippen molar-refractivity contribution >= 4 is 11.6 Å². The molecule has 2 rings (SSSR count). The first-order valence-electron chi connectivity index (χ1n) is 6.30. The molecule has 100 valence electrons. The number of hydrogen-bond acceptors (Lipinski definition) is 3. The Balaban J connectivity index is 2.45. The van der Waals surface area contributed by atoms with Crippen molar-refractivity contribution in [2.24, 2.45) is 0 Å². The van der Waals surface area contributed by atoms with Crippen LogP contribution in [0.3, 0.4) is 0 Å². The lowest BCUT2D eigenvalue weighted by Gasteiger charge is -2.26. The number of benzene rings is 1. The third-order valence-corrected chi connectivity index (χ3v) is 3.92. The van der Waals surface area contributed by atoms with Crippen LogP contribution in [0.5, 0.6) is 11.5 Å². The third-order valence-electron chi connectivity index (χ3n) is 3.58. The quantitative estimate of drug-likeness (QED) is 0.915. The molecule has 0 aliphatic carbocycles.